The Labute approximate surface area is 144 Å². The molecule has 2 aromatic rings. The van der Waals surface area contributed by atoms with Crippen LogP contribution in [0.1, 0.15) is 46.9 Å². The summed E-state index contributed by atoms with van der Waals surface area (Å²) in [5.74, 6) is 1.36. The molecular formula is C17H21N3O3S. The van der Waals surface area contributed by atoms with Gasteiger partial charge in [-0.3, -0.25) is 4.79 Å². The van der Waals surface area contributed by atoms with Crippen molar-refractivity contribution < 1.29 is 9.21 Å². The first kappa shape index (κ1) is 16.8. The molecule has 6 nitrogen and oxygen atoms in total. The highest BCUT2D eigenvalue weighted by atomic mass is 32.2. The number of imidazole rings is 1. The zero-order valence-electron chi connectivity index (χ0n) is 13.9. The molecule has 3 rings (SSSR count). The van der Waals surface area contributed by atoms with E-state index in [0.717, 1.165) is 18.0 Å². The van der Waals surface area contributed by atoms with E-state index in [1.165, 1.54) is 6.42 Å². The van der Waals surface area contributed by atoms with Crippen LogP contribution >= 0.6 is 11.8 Å². The average Bonchev–Trinajstić information content (AvgIpc) is 2.86. The molecule has 128 valence electrons. The van der Waals surface area contributed by atoms with Crippen molar-refractivity contribution >= 4 is 17.7 Å². The largest absolute Gasteiger partial charge is 0.427 e. The summed E-state index contributed by atoms with van der Waals surface area (Å²) in [6, 6.07) is 1.84. The maximum Gasteiger partial charge on any atom is 0.349 e. The topological polar surface area (TPSA) is 77.1 Å². The number of nitrogens with zero attached hydrogens (tertiary/aromatic N) is 2. The lowest BCUT2D eigenvalue weighted by molar-refractivity contribution is 0.0950. The number of thioether (sulfide) groups is 1. The third-order valence-corrected chi connectivity index (χ3v) is 5.36. The Morgan fingerprint density at radius 3 is 2.88 bits per heavy atom. The molecule has 0 unspecified atom stereocenters. The van der Waals surface area contributed by atoms with Gasteiger partial charge in [0, 0.05) is 37.7 Å². The molecule has 1 amide bonds. The predicted octanol–water partition coefficient (Wildman–Crippen LogP) is 2.47. The van der Waals surface area contributed by atoms with Crippen LogP contribution in [0.2, 0.25) is 0 Å². The molecule has 1 saturated carbocycles. The summed E-state index contributed by atoms with van der Waals surface area (Å²) in [6.45, 7) is 2.25. The van der Waals surface area contributed by atoms with Gasteiger partial charge in [-0.2, -0.15) is 0 Å². The number of carbonyl (C=O) groups excluding carboxylic acids is 1. The molecule has 0 saturated heterocycles. The fourth-order valence-corrected chi connectivity index (χ4v) is 3.47. The van der Waals surface area contributed by atoms with Crippen LogP contribution in [0.4, 0.5) is 0 Å². The van der Waals surface area contributed by atoms with Gasteiger partial charge >= 0.3 is 5.63 Å². The molecule has 2 aromatic heterocycles. The number of aryl methyl sites for hydroxylation is 2. The maximum absolute atomic E-state index is 12.3. The van der Waals surface area contributed by atoms with E-state index in [1.54, 1.807) is 24.9 Å². The number of hydrogen-bond donors (Lipinski definition) is 1. The zero-order chi connectivity index (χ0) is 17.1. The summed E-state index contributed by atoms with van der Waals surface area (Å²) in [7, 11) is 1.92. The number of aromatic nitrogens is 2. The molecule has 2 heterocycles. The van der Waals surface area contributed by atoms with E-state index < -0.39 is 5.63 Å². The Kier molecular flexibility index (Phi) is 5.08. The van der Waals surface area contributed by atoms with E-state index in [-0.39, 0.29) is 11.5 Å². The van der Waals surface area contributed by atoms with Crippen molar-refractivity contribution in [3.63, 3.8) is 0 Å². The second-order valence-corrected chi connectivity index (χ2v) is 7.11. The van der Waals surface area contributed by atoms with E-state index in [0.29, 0.717) is 29.5 Å². The van der Waals surface area contributed by atoms with Crippen molar-refractivity contribution in [2.45, 2.75) is 37.3 Å². The van der Waals surface area contributed by atoms with E-state index in [4.69, 9.17) is 4.42 Å². The average molecular weight is 347 g/mol. The highest BCUT2D eigenvalue weighted by Crippen LogP contribution is 2.36. The fraction of sp³-hybridized carbons (Fsp3) is 0.471. The number of hydrogen-bond acceptors (Lipinski definition) is 5. The molecule has 7 heteroatoms. The van der Waals surface area contributed by atoms with Crippen LogP contribution in [0.15, 0.2) is 32.8 Å². The lowest BCUT2D eigenvalue weighted by Crippen LogP contribution is -2.31. The minimum Gasteiger partial charge on any atom is -0.427 e. The van der Waals surface area contributed by atoms with Crippen molar-refractivity contribution in [1.82, 2.24) is 14.9 Å². The molecule has 1 aliphatic rings. The quantitative estimate of drug-likeness (QED) is 0.642. The SMILES string of the molecule is Cc1cc(C2CCC2)oc(=O)c1C(=O)NCCSc1nccn1C. The van der Waals surface area contributed by atoms with Gasteiger partial charge in [-0.25, -0.2) is 9.78 Å². The lowest BCUT2D eigenvalue weighted by atomic mass is 9.83. The van der Waals surface area contributed by atoms with Gasteiger partial charge in [0.2, 0.25) is 0 Å². The minimum atomic E-state index is -0.536. The van der Waals surface area contributed by atoms with Gasteiger partial charge < -0.3 is 14.3 Å². The van der Waals surface area contributed by atoms with Crippen LogP contribution in [0.5, 0.6) is 0 Å². The smallest absolute Gasteiger partial charge is 0.349 e. The Morgan fingerprint density at radius 2 is 2.29 bits per heavy atom. The Bertz CT molecular complexity index is 793. The Hall–Kier alpha value is -2.02. The molecule has 0 aliphatic heterocycles. The van der Waals surface area contributed by atoms with Gasteiger partial charge in [0.15, 0.2) is 5.16 Å². The van der Waals surface area contributed by atoms with E-state index in [1.807, 2.05) is 23.9 Å². The summed E-state index contributed by atoms with van der Waals surface area (Å²) < 4.78 is 7.28. The monoisotopic (exact) mass is 347 g/mol. The fourth-order valence-electron chi connectivity index (χ4n) is 2.69. The van der Waals surface area contributed by atoms with Crippen LogP contribution in [0.3, 0.4) is 0 Å². The maximum atomic E-state index is 12.3. The molecule has 0 aromatic carbocycles. The first-order chi connectivity index (χ1) is 11.6. The number of amides is 1. The molecule has 0 spiro atoms. The van der Waals surface area contributed by atoms with Gasteiger partial charge in [-0.15, -0.1) is 0 Å². The summed E-state index contributed by atoms with van der Waals surface area (Å²) in [5, 5.41) is 3.68. The molecule has 0 bridgehead atoms. The highest BCUT2D eigenvalue weighted by molar-refractivity contribution is 7.99. The van der Waals surface area contributed by atoms with Gasteiger partial charge in [-0.05, 0) is 31.4 Å². The first-order valence-corrected chi connectivity index (χ1v) is 9.08. The minimum absolute atomic E-state index is 0.111. The van der Waals surface area contributed by atoms with Gasteiger partial charge in [0.25, 0.3) is 5.91 Å². The summed E-state index contributed by atoms with van der Waals surface area (Å²) >= 11 is 1.55. The van der Waals surface area contributed by atoms with Gasteiger partial charge in [0.1, 0.15) is 11.3 Å². The molecule has 1 fully saturated rings. The normalized spacial score (nSPS) is 14.4. The van der Waals surface area contributed by atoms with Crippen LogP contribution in [0, 0.1) is 6.92 Å². The number of nitrogens with one attached hydrogen (secondary N) is 1. The standard InChI is InChI=1S/C17H21N3O3S/c1-11-10-13(12-4-3-5-12)23-16(22)14(11)15(21)18-7-9-24-17-19-6-8-20(17)2/h6,8,10,12H,3-5,7,9H2,1-2H3,(H,18,21). The molecular weight excluding hydrogens is 326 g/mol. The van der Waals surface area contributed by atoms with Crippen LogP contribution in [-0.4, -0.2) is 27.8 Å². The molecule has 0 atom stereocenters. The molecule has 1 N–H and O–H groups in total. The zero-order valence-corrected chi connectivity index (χ0v) is 14.7. The van der Waals surface area contributed by atoms with Crippen molar-refractivity contribution in [2.75, 3.05) is 12.3 Å². The Balaban J connectivity index is 1.58. The summed E-state index contributed by atoms with van der Waals surface area (Å²) in [5.41, 5.74) is 0.258. The second-order valence-electron chi connectivity index (χ2n) is 6.05. The third kappa shape index (κ3) is 3.56. The van der Waals surface area contributed by atoms with Crippen molar-refractivity contribution in [2.24, 2.45) is 7.05 Å². The summed E-state index contributed by atoms with van der Waals surface area (Å²) in [4.78, 5) is 28.6. The molecule has 1 aliphatic carbocycles. The highest BCUT2D eigenvalue weighted by Gasteiger charge is 2.25. The van der Waals surface area contributed by atoms with E-state index in [9.17, 15) is 9.59 Å². The number of rotatable bonds is 6. The predicted molar refractivity (Wildman–Crippen MR) is 92.6 cm³/mol. The van der Waals surface area contributed by atoms with Gasteiger partial charge in [0.05, 0.1) is 0 Å². The number of carbonyl (C=O) groups is 1. The van der Waals surface area contributed by atoms with Crippen LogP contribution in [0.25, 0.3) is 0 Å². The van der Waals surface area contributed by atoms with Crippen LogP contribution < -0.4 is 10.9 Å². The third-order valence-electron chi connectivity index (χ3n) is 4.30. The Morgan fingerprint density at radius 1 is 1.50 bits per heavy atom. The van der Waals surface area contributed by atoms with Crippen LogP contribution in [-0.2, 0) is 7.05 Å². The first-order valence-electron chi connectivity index (χ1n) is 8.09. The van der Waals surface area contributed by atoms with E-state index >= 15 is 0 Å². The van der Waals surface area contributed by atoms with Crippen molar-refractivity contribution in [3.8, 4) is 0 Å². The molecule has 24 heavy (non-hydrogen) atoms. The molecule has 0 radical (unpaired) electrons. The lowest BCUT2D eigenvalue weighted by Gasteiger charge is -2.24. The summed E-state index contributed by atoms with van der Waals surface area (Å²) in [6.07, 6.45) is 6.89. The van der Waals surface area contributed by atoms with Crippen molar-refractivity contribution in [3.05, 3.63) is 45.8 Å². The van der Waals surface area contributed by atoms with E-state index in [2.05, 4.69) is 10.3 Å². The van der Waals surface area contributed by atoms with Gasteiger partial charge in [-0.1, -0.05) is 18.2 Å². The second kappa shape index (κ2) is 7.25. The van der Waals surface area contributed by atoms with Crippen molar-refractivity contribution in [1.29, 1.82) is 0 Å².